The molecule has 0 spiro atoms. The van der Waals surface area contributed by atoms with E-state index in [0.717, 1.165) is 12.2 Å². The van der Waals surface area contributed by atoms with Gasteiger partial charge in [0.15, 0.2) is 0 Å². The van der Waals surface area contributed by atoms with Gasteiger partial charge in [-0.3, -0.25) is 0 Å². The molecule has 0 radical (unpaired) electrons. The number of hydrogen-bond donors (Lipinski definition) is 1. The summed E-state index contributed by atoms with van der Waals surface area (Å²) in [6.07, 6.45) is 11.3. The highest BCUT2D eigenvalue weighted by molar-refractivity contribution is 5.46. The van der Waals surface area contributed by atoms with Crippen LogP contribution < -0.4 is 5.32 Å². The molecule has 0 unspecified atom stereocenters. The Bertz CT molecular complexity index is 281. The Labute approximate surface area is 93.3 Å². The smallest absolute Gasteiger partial charge is 0.110 e. The summed E-state index contributed by atoms with van der Waals surface area (Å²) in [7, 11) is 0. The van der Waals surface area contributed by atoms with Crippen molar-refractivity contribution in [3.63, 3.8) is 0 Å². The fourth-order valence-electron chi connectivity index (χ4n) is 1.13. The summed E-state index contributed by atoms with van der Waals surface area (Å²) >= 11 is 0. The maximum atomic E-state index is 3.16. The molecule has 1 aliphatic heterocycles. The molecule has 2 heteroatoms. The molecule has 0 saturated heterocycles. The van der Waals surface area contributed by atoms with Crippen molar-refractivity contribution in [3.05, 3.63) is 42.9 Å². The van der Waals surface area contributed by atoms with E-state index in [1.54, 1.807) is 0 Å². The van der Waals surface area contributed by atoms with Crippen molar-refractivity contribution in [2.75, 3.05) is 0 Å². The van der Waals surface area contributed by atoms with Gasteiger partial charge in [-0.15, -0.1) is 0 Å². The summed E-state index contributed by atoms with van der Waals surface area (Å²) in [5.41, 5.74) is 0. The molecule has 0 fully saturated rings. The van der Waals surface area contributed by atoms with Crippen molar-refractivity contribution < 1.29 is 0 Å². The molecule has 1 aromatic rings. The van der Waals surface area contributed by atoms with Gasteiger partial charge >= 0.3 is 0 Å². The Morgan fingerprint density at radius 2 is 1.67 bits per heavy atom. The monoisotopic (exact) mass is 206 g/mol. The first-order valence-corrected chi connectivity index (χ1v) is 5.72. The van der Waals surface area contributed by atoms with Crippen LogP contribution in [-0.2, 0) is 0 Å². The minimum absolute atomic E-state index is 1.01. The third-order valence-electron chi connectivity index (χ3n) is 1.68. The van der Waals surface area contributed by atoms with E-state index in [2.05, 4.69) is 22.0 Å². The Balaban J connectivity index is 0.000000442. The summed E-state index contributed by atoms with van der Waals surface area (Å²) in [5, 5.41) is 3.16. The van der Waals surface area contributed by atoms with Gasteiger partial charge in [0, 0.05) is 12.4 Å². The van der Waals surface area contributed by atoms with Crippen LogP contribution in [0, 0.1) is 0 Å². The van der Waals surface area contributed by atoms with Gasteiger partial charge in [-0.05, 0) is 30.8 Å². The van der Waals surface area contributed by atoms with Gasteiger partial charge in [0.1, 0.15) is 5.82 Å². The molecule has 1 aromatic heterocycles. The van der Waals surface area contributed by atoms with Gasteiger partial charge in [-0.25, -0.2) is 0 Å². The summed E-state index contributed by atoms with van der Waals surface area (Å²) in [6, 6.07) is 4.03. The lowest BCUT2D eigenvalue weighted by Gasteiger charge is -2.11. The second-order valence-corrected chi connectivity index (χ2v) is 2.46. The molecule has 2 nitrogen and oxygen atoms in total. The van der Waals surface area contributed by atoms with Crippen LogP contribution >= 0.6 is 0 Å². The molecule has 0 bridgehead atoms. The third-order valence-corrected chi connectivity index (χ3v) is 1.68. The largest absolute Gasteiger partial charge is 0.348 e. The molecular formula is C13H22N2. The summed E-state index contributed by atoms with van der Waals surface area (Å²) < 4.78 is 2.06. The molecule has 0 atom stereocenters. The standard InChI is InChI=1S/C9H10N2.2C2H6/c1-2-6-10-9(5-1)11-7-3-4-8-11;2*1-2/h2-8,10H,1H2;2*1-2H3. The van der Waals surface area contributed by atoms with Crippen LogP contribution in [0.2, 0.25) is 0 Å². The number of rotatable bonds is 1. The zero-order valence-electron chi connectivity index (χ0n) is 10.2. The first-order chi connectivity index (χ1) is 7.47. The second kappa shape index (κ2) is 9.13. The van der Waals surface area contributed by atoms with Gasteiger partial charge in [-0.2, -0.15) is 0 Å². The molecule has 15 heavy (non-hydrogen) atoms. The van der Waals surface area contributed by atoms with E-state index < -0.39 is 0 Å². The van der Waals surface area contributed by atoms with Crippen molar-refractivity contribution in [2.45, 2.75) is 34.1 Å². The highest BCUT2D eigenvalue weighted by Gasteiger charge is 1.97. The SMILES string of the molecule is C1=CNC(n2cccc2)=CC1.CC.CC. The quantitative estimate of drug-likeness (QED) is 0.738. The molecule has 84 valence electrons. The average Bonchev–Trinajstić information content (AvgIpc) is 2.89. The summed E-state index contributed by atoms with van der Waals surface area (Å²) in [5.74, 6) is 1.14. The molecule has 1 N–H and O–H groups in total. The van der Waals surface area contributed by atoms with E-state index >= 15 is 0 Å². The first kappa shape index (κ1) is 13.6. The van der Waals surface area contributed by atoms with Crippen molar-refractivity contribution >= 4 is 5.82 Å². The zero-order valence-corrected chi connectivity index (χ0v) is 10.2. The van der Waals surface area contributed by atoms with Crippen LogP contribution in [0.5, 0.6) is 0 Å². The fourth-order valence-corrected chi connectivity index (χ4v) is 1.13. The Morgan fingerprint density at radius 3 is 2.13 bits per heavy atom. The van der Waals surface area contributed by atoms with Crippen LogP contribution in [0.4, 0.5) is 0 Å². The van der Waals surface area contributed by atoms with E-state index in [4.69, 9.17) is 0 Å². The fraction of sp³-hybridized carbons (Fsp3) is 0.385. The van der Waals surface area contributed by atoms with Crippen LogP contribution in [0.3, 0.4) is 0 Å². The Morgan fingerprint density at radius 1 is 1.07 bits per heavy atom. The zero-order chi connectivity index (χ0) is 11.5. The topological polar surface area (TPSA) is 17.0 Å². The van der Waals surface area contributed by atoms with Gasteiger partial charge in [0.2, 0.25) is 0 Å². The van der Waals surface area contributed by atoms with Crippen molar-refractivity contribution in [1.82, 2.24) is 9.88 Å². The lowest BCUT2D eigenvalue weighted by atomic mass is 10.3. The van der Waals surface area contributed by atoms with Crippen LogP contribution in [0.25, 0.3) is 5.82 Å². The molecule has 0 aromatic carbocycles. The van der Waals surface area contributed by atoms with E-state index in [1.165, 1.54) is 0 Å². The van der Waals surface area contributed by atoms with Gasteiger partial charge in [0.25, 0.3) is 0 Å². The number of nitrogens with one attached hydrogen (secondary N) is 1. The van der Waals surface area contributed by atoms with Gasteiger partial charge < -0.3 is 9.88 Å². The normalized spacial score (nSPS) is 12.4. The highest BCUT2D eigenvalue weighted by atomic mass is 15.1. The number of allylic oxidation sites excluding steroid dienone is 2. The number of dihydropyridines is 1. The molecule has 2 rings (SSSR count). The van der Waals surface area contributed by atoms with Gasteiger partial charge in [0.05, 0.1) is 0 Å². The van der Waals surface area contributed by atoms with E-state index in [1.807, 2.05) is 58.4 Å². The number of aromatic nitrogens is 1. The van der Waals surface area contributed by atoms with E-state index in [-0.39, 0.29) is 0 Å². The minimum atomic E-state index is 1.01. The van der Waals surface area contributed by atoms with Crippen LogP contribution in [0.15, 0.2) is 42.9 Å². The lowest BCUT2D eigenvalue weighted by molar-refractivity contribution is 0.967. The average molecular weight is 206 g/mol. The molecule has 0 aliphatic carbocycles. The Kier molecular flexibility index (Phi) is 8.25. The lowest BCUT2D eigenvalue weighted by Crippen LogP contribution is -2.11. The third kappa shape index (κ3) is 4.54. The van der Waals surface area contributed by atoms with Crippen LogP contribution in [-0.4, -0.2) is 4.57 Å². The summed E-state index contributed by atoms with van der Waals surface area (Å²) in [6.45, 7) is 8.00. The van der Waals surface area contributed by atoms with E-state index in [0.29, 0.717) is 0 Å². The van der Waals surface area contributed by atoms with Crippen molar-refractivity contribution in [3.8, 4) is 0 Å². The first-order valence-electron chi connectivity index (χ1n) is 5.72. The summed E-state index contributed by atoms with van der Waals surface area (Å²) in [4.78, 5) is 0. The number of nitrogens with zero attached hydrogens (tertiary/aromatic N) is 1. The predicted molar refractivity (Wildman–Crippen MR) is 68.3 cm³/mol. The van der Waals surface area contributed by atoms with Gasteiger partial charge in [-0.1, -0.05) is 33.8 Å². The Hall–Kier alpha value is -1.44. The highest BCUT2D eigenvalue weighted by Crippen LogP contribution is 2.06. The molecule has 2 heterocycles. The molecular weight excluding hydrogens is 184 g/mol. The predicted octanol–water partition coefficient (Wildman–Crippen LogP) is 3.85. The second-order valence-electron chi connectivity index (χ2n) is 2.46. The minimum Gasteiger partial charge on any atom is -0.348 e. The maximum absolute atomic E-state index is 3.16. The van der Waals surface area contributed by atoms with Crippen molar-refractivity contribution in [1.29, 1.82) is 0 Å². The van der Waals surface area contributed by atoms with E-state index in [9.17, 15) is 0 Å². The molecule has 1 aliphatic rings. The number of hydrogen-bond acceptors (Lipinski definition) is 1. The van der Waals surface area contributed by atoms with Crippen LogP contribution in [0.1, 0.15) is 34.1 Å². The van der Waals surface area contributed by atoms with Crippen molar-refractivity contribution in [2.24, 2.45) is 0 Å². The molecule has 0 saturated carbocycles. The maximum Gasteiger partial charge on any atom is 0.110 e. The molecule has 0 amide bonds.